The Hall–Kier alpha value is -3.14. The van der Waals surface area contributed by atoms with Gasteiger partial charge in [0.05, 0.1) is 17.2 Å². The molecule has 11 heteroatoms. The number of hydrogen-bond donors (Lipinski definition) is 2. The highest BCUT2D eigenvalue weighted by Gasteiger charge is 2.51. The van der Waals surface area contributed by atoms with Gasteiger partial charge in [0, 0.05) is 35.1 Å². The predicted molar refractivity (Wildman–Crippen MR) is 131 cm³/mol. The number of carbonyl (C=O) groups is 3. The smallest absolute Gasteiger partial charge is 0.347 e. The highest BCUT2D eigenvalue weighted by molar-refractivity contribution is 6.31. The SMILES string of the molecule is C[C@@H]1CC[C@H](C)N1C(=O)c1ccc([C@@H](C)NC(=O)C2(NC(=O)c3cncc(C(F)(F)F)c3)CC2)c(Cl)c1. The van der Waals surface area contributed by atoms with Crippen molar-refractivity contribution in [2.24, 2.45) is 0 Å². The third-order valence-corrected chi connectivity index (χ3v) is 7.44. The number of amides is 3. The van der Waals surface area contributed by atoms with Crippen molar-refractivity contribution >= 4 is 29.3 Å². The minimum Gasteiger partial charge on any atom is -0.347 e. The van der Waals surface area contributed by atoms with Gasteiger partial charge in [0.2, 0.25) is 5.91 Å². The van der Waals surface area contributed by atoms with Gasteiger partial charge in [0.25, 0.3) is 11.8 Å². The number of likely N-dealkylation sites (tertiary alicyclic amines) is 1. The molecule has 2 aromatic rings. The Labute approximate surface area is 217 Å². The van der Waals surface area contributed by atoms with Crippen LogP contribution in [0.15, 0.2) is 36.7 Å². The fraction of sp³-hybridized carbons (Fsp3) is 0.462. The second-order valence-corrected chi connectivity index (χ2v) is 10.3. The summed E-state index contributed by atoms with van der Waals surface area (Å²) in [5.74, 6) is -1.37. The van der Waals surface area contributed by atoms with Gasteiger partial charge in [-0.05, 0) is 70.2 Å². The molecule has 0 radical (unpaired) electrons. The molecule has 1 aromatic heterocycles. The average Bonchev–Trinajstić information content (AvgIpc) is 3.55. The van der Waals surface area contributed by atoms with E-state index in [4.69, 9.17) is 11.6 Å². The quantitative estimate of drug-likeness (QED) is 0.549. The van der Waals surface area contributed by atoms with E-state index in [0.29, 0.717) is 41.3 Å². The van der Waals surface area contributed by atoms with E-state index >= 15 is 0 Å². The van der Waals surface area contributed by atoms with Crippen LogP contribution < -0.4 is 10.6 Å². The van der Waals surface area contributed by atoms with Gasteiger partial charge in [0.1, 0.15) is 5.54 Å². The number of rotatable bonds is 6. The summed E-state index contributed by atoms with van der Waals surface area (Å²) in [6.07, 6.45) is -0.402. The van der Waals surface area contributed by atoms with E-state index in [1.165, 1.54) is 0 Å². The predicted octanol–water partition coefficient (Wildman–Crippen LogP) is 4.91. The first-order valence-corrected chi connectivity index (χ1v) is 12.5. The molecule has 3 atom stereocenters. The van der Waals surface area contributed by atoms with E-state index in [2.05, 4.69) is 15.6 Å². The fourth-order valence-corrected chi connectivity index (χ4v) is 5.05. The number of nitrogens with one attached hydrogen (secondary N) is 2. The molecule has 1 saturated heterocycles. The Morgan fingerprint density at radius 3 is 2.30 bits per heavy atom. The summed E-state index contributed by atoms with van der Waals surface area (Å²) in [7, 11) is 0. The zero-order valence-corrected chi connectivity index (χ0v) is 21.4. The first-order chi connectivity index (χ1) is 17.3. The lowest BCUT2D eigenvalue weighted by Crippen LogP contribution is -2.49. The first-order valence-electron chi connectivity index (χ1n) is 12.1. The normalized spacial score (nSPS) is 21.3. The topological polar surface area (TPSA) is 91.4 Å². The molecule has 3 amide bonds. The van der Waals surface area contributed by atoms with Crippen LogP contribution in [0.1, 0.15) is 84.3 Å². The molecule has 7 nitrogen and oxygen atoms in total. The minimum absolute atomic E-state index is 0.0913. The highest BCUT2D eigenvalue weighted by atomic mass is 35.5. The Kier molecular flexibility index (Phi) is 7.25. The van der Waals surface area contributed by atoms with Crippen LogP contribution >= 0.6 is 11.6 Å². The molecule has 1 aliphatic carbocycles. The zero-order valence-electron chi connectivity index (χ0n) is 20.7. The molecule has 0 unspecified atom stereocenters. The Morgan fingerprint density at radius 2 is 1.73 bits per heavy atom. The molecule has 0 spiro atoms. The van der Waals surface area contributed by atoms with Crippen LogP contribution in [-0.2, 0) is 11.0 Å². The van der Waals surface area contributed by atoms with Gasteiger partial charge < -0.3 is 15.5 Å². The summed E-state index contributed by atoms with van der Waals surface area (Å²) in [6.45, 7) is 5.76. The fourth-order valence-electron chi connectivity index (χ4n) is 4.71. The number of hydrogen-bond acceptors (Lipinski definition) is 4. The molecule has 0 bridgehead atoms. The Balaban J connectivity index is 1.42. The van der Waals surface area contributed by atoms with Crippen molar-refractivity contribution in [3.63, 3.8) is 0 Å². The average molecular weight is 537 g/mol. The van der Waals surface area contributed by atoms with Gasteiger partial charge in [-0.25, -0.2) is 0 Å². The van der Waals surface area contributed by atoms with Crippen LogP contribution in [0.25, 0.3) is 0 Å². The second kappa shape index (κ2) is 9.96. The summed E-state index contributed by atoms with van der Waals surface area (Å²) in [5, 5.41) is 5.70. The van der Waals surface area contributed by atoms with Crippen molar-refractivity contribution in [1.29, 1.82) is 0 Å². The minimum atomic E-state index is -4.64. The van der Waals surface area contributed by atoms with Crippen LogP contribution in [0.5, 0.6) is 0 Å². The van der Waals surface area contributed by atoms with Crippen molar-refractivity contribution in [3.05, 3.63) is 63.9 Å². The number of halogens is 4. The molecule has 4 rings (SSSR count). The molecule has 2 fully saturated rings. The number of aromatic nitrogens is 1. The van der Waals surface area contributed by atoms with Crippen LogP contribution in [0.3, 0.4) is 0 Å². The largest absolute Gasteiger partial charge is 0.417 e. The van der Waals surface area contributed by atoms with Crippen molar-refractivity contribution in [3.8, 4) is 0 Å². The summed E-state index contributed by atoms with van der Waals surface area (Å²) < 4.78 is 38.9. The van der Waals surface area contributed by atoms with Crippen molar-refractivity contribution in [2.75, 3.05) is 0 Å². The van der Waals surface area contributed by atoms with E-state index in [1.54, 1.807) is 25.1 Å². The first kappa shape index (κ1) is 26.9. The second-order valence-electron chi connectivity index (χ2n) is 9.92. The number of nitrogens with zero attached hydrogens (tertiary/aromatic N) is 2. The zero-order chi connectivity index (χ0) is 27.1. The number of carbonyl (C=O) groups excluding carboxylic acids is 3. The monoisotopic (exact) mass is 536 g/mol. The van der Waals surface area contributed by atoms with Gasteiger partial charge in [0.15, 0.2) is 0 Å². The van der Waals surface area contributed by atoms with Gasteiger partial charge in [-0.3, -0.25) is 19.4 Å². The van der Waals surface area contributed by atoms with E-state index in [0.717, 1.165) is 19.0 Å². The van der Waals surface area contributed by atoms with Crippen LogP contribution in [-0.4, -0.2) is 45.2 Å². The lowest BCUT2D eigenvalue weighted by atomic mass is 10.0. The molecule has 2 aliphatic rings. The maximum atomic E-state index is 13.0. The Morgan fingerprint density at radius 1 is 1.08 bits per heavy atom. The summed E-state index contributed by atoms with van der Waals surface area (Å²) in [4.78, 5) is 44.0. The summed E-state index contributed by atoms with van der Waals surface area (Å²) >= 11 is 6.49. The maximum Gasteiger partial charge on any atom is 0.417 e. The van der Waals surface area contributed by atoms with Crippen LogP contribution in [0.4, 0.5) is 13.2 Å². The molecule has 37 heavy (non-hydrogen) atoms. The number of alkyl halides is 3. The molecular formula is C26H28ClF3N4O3. The van der Waals surface area contributed by atoms with Gasteiger partial charge in [-0.15, -0.1) is 0 Å². The van der Waals surface area contributed by atoms with Gasteiger partial charge in [-0.1, -0.05) is 17.7 Å². The molecule has 2 heterocycles. The third-order valence-electron chi connectivity index (χ3n) is 7.11. The molecular weight excluding hydrogens is 509 g/mol. The molecule has 1 aromatic carbocycles. The lowest BCUT2D eigenvalue weighted by molar-refractivity contribution is -0.137. The van der Waals surface area contributed by atoms with E-state index in [1.807, 2.05) is 18.7 Å². The standard InChI is InChI=1S/C26H28ClF3N4O3/c1-14-4-5-15(2)34(14)23(36)17-6-7-20(21(27)11-17)16(3)32-24(37)25(8-9-25)33-22(35)18-10-19(13-31-12-18)26(28,29)30/h6-7,10-16H,4-5,8-9H2,1-3H3,(H,32,37)(H,33,35)/t14-,15+,16-/m1/s1. The maximum absolute atomic E-state index is 13.0. The van der Waals surface area contributed by atoms with Crippen molar-refractivity contribution < 1.29 is 27.6 Å². The van der Waals surface area contributed by atoms with Gasteiger partial charge >= 0.3 is 6.18 Å². The Bertz CT molecular complexity index is 1220. The number of pyridine rings is 1. The molecule has 2 N–H and O–H groups in total. The van der Waals surface area contributed by atoms with E-state index in [-0.39, 0.29) is 23.6 Å². The van der Waals surface area contributed by atoms with Crippen molar-refractivity contribution in [2.45, 2.75) is 76.3 Å². The highest BCUT2D eigenvalue weighted by Crippen LogP contribution is 2.37. The molecule has 1 saturated carbocycles. The van der Waals surface area contributed by atoms with Gasteiger partial charge in [-0.2, -0.15) is 13.2 Å². The van der Waals surface area contributed by atoms with Crippen molar-refractivity contribution in [1.82, 2.24) is 20.5 Å². The van der Waals surface area contributed by atoms with E-state index in [9.17, 15) is 27.6 Å². The van der Waals surface area contributed by atoms with Crippen LogP contribution in [0.2, 0.25) is 5.02 Å². The van der Waals surface area contributed by atoms with E-state index < -0.39 is 35.1 Å². The lowest BCUT2D eigenvalue weighted by Gasteiger charge is -2.27. The molecule has 198 valence electrons. The summed E-state index contributed by atoms with van der Waals surface area (Å²) in [5.41, 5.74) is -1.49. The number of benzene rings is 1. The van der Waals surface area contributed by atoms with Crippen LogP contribution in [0, 0.1) is 0 Å². The summed E-state index contributed by atoms with van der Waals surface area (Å²) in [6, 6.07) is 5.42. The molecule has 1 aliphatic heterocycles. The third kappa shape index (κ3) is 5.58.